The lowest BCUT2D eigenvalue weighted by molar-refractivity contribution is 0.402. The van der Waals surface area contributed by atoms with Gasteiger partial charge in [0.25, 0.3) is 5.56 Å². The van der Waals surface area contributed by atoms with E-state index in [1.165, 1.54) is 24.5 Å². The predicted molar refractivity (Wildman–Crippen MR) is 107 cm³/mol. The molecule has 0 aliphatic carbocycles. The van der Waals surface area contributed by atoms with Crippen molar-refractivity contribution in [3.8, 4) is 11.4 Å². The maximum Gasteiger partial charge on any atom is 0.264 e. The van der Waals surface area contributed by atoms with Gasteiger partial charge in [-0.05, 0) is 23.6 Å². The summed E-state index contributed by atoms with van der Waals surface area (Å²) in [5, 5.41) is 6.45. The van der Waals surface area contributed by atoms with Gasteiger partial charge >= 0.3 is 0 Å². The number of aromatic nitrogens is 4. The minimum absolute atomic E-state index is 0.0699. The minimum Gasteiger partial charge on any atom is -0.494 e. The third-order valence-electron chi connectivity index (χ3n) is 4.38. The highest BCUT2D eigenvalue weighted by molar-refractivity contribution is 7.09. The van der Waals surface area contributed by atoms with Crippen LogP contribution in [0.2, 0.25) is 0 Å². The number of rotatable bonds is 5. The van der Waals surface area contributed by atoms with E-state index in [1.54, 1.807) is 19.0 Å². The fourth-order valence-electron chi connectivity index (χ4n) is 3.07. The number of thiophene rings is 1. The highest BCUT2D eigenvalue weighted by Crippen LogP contribution is 2.32. The summed E-state index contributed by atoms with van der Waals surface area (Å²) in [5.74, 6) is -1.45. The zero-order chi connectivity index (χ0) is 20.7. The van der Waals surface area contributed by atoms with E-state index < -0.39 is 17.2 Å². The average molecular weight is 417 g/mol. The van der Waals surface area contributed by atoms with Crippen LogP contribution in [0.25, 0.3) is 16.7 Å². The Labute approximate surface area is 168 Å². The summed E-state index contributed by atoms with van der Waals surface area (Å²) < 4.78 is 35.1. The highest BCUT2D eigenvalue weighted by atomic mass is 32.1. The van der Waals surface area contributed by atoms with E-state index in [0.717, 1.165) is 15.6 Å². The highest BCUT2D eigenvalue weighted by Gasteiger charge is 2.25. The molecule has 0 aliphatic heterocycles. The van der Waals surface area contributed by atoms with Crippen LogP contribution in [0.15, 0.2) is 34.4 Å². The number of nitrogens with zero attached hydrogens (tertiary/aromatic N) is 4. The van der Waals surface area contributed by atoms with Crippen LogP contribution in [0.4, 0.5) is 14.6 Å². The van der Waals surface area contributed by atoms with Gasteiger partial charge < -0.3 is 14.6 Å². The van der Waals surface area contributed by atoms with Gasteiger partial charge in [0, 0.05) is 25.4 Å². The molecule has 0 atom stereocenters. The lowest BCUT2D eigenvalue weighted by Gasteiger charge is -2.11. The fourth-order valence-corrected chi connectivity index (χ4v) is 3.78. The van der Waals surface area contributed by atoms with Gasteiger partial charge in [-0.25, -0.2) is 18.4 Å². The Hall–Kier alpha value is -3.27. The Morgan fingerprint density at radius 3 is 2.72 bits per heavy atom. The van der Waals surface area contributed by atoms with E-state index in [-0.39, 0.29) is 28.3 Å². The van der Waals surface area contributed by atoms with E-state index in [0.29, 0.717) is 12.2 Å². The van der Waals surface area contributed by atoms with E-state index in [4.69, 9.17) is 4.74 Å². The van der Waals surface area contributed by atoms with Gasteiger partial charge in [0.1, 0.15) is 22.6 Å². The predicted octanol–water partition coefficient (Wildman–Crippen LogP) is 3.11. The molecule has 1 aromatic carbocycles. The van der Waals surface area contributed by atoms with E-state index >= 15 is 0 Å². The van der Waals surface area contributed by atoms with Crippen LogP contribution >= 0.6 is 11.3 Å². The van der Waals surface area contributed by atoms with Crippen LogP contribution in [0.1, 0.15) is 10.7 Å². The van der Waals surface area contributed by atoms with Gasteiger partial charge in [-0.15, -0.1) is 16.4 Å². The van der Waals surface area contributed by atoms with Gasteiger partial charge in [0.05, 0.1) is 7.11 Å². The summed E-state index contributed by atoms with van der Waals surface area (Å²) in [4.78, 5) is 22.7. The lowest BCUT2D eigenvalue weighted by atomic mass is 10.2. The van der Waals surface area contributed by atoms with Gasteiger partial charge in [-0.1, -0.05) is 6.07 Å². The van der Waals surface area contributed by atoms with Crippen molar-refractivity contribution in [1.82, 2.24) is 19.7 Å². The Morgan fingerprint density at radius 2 is 2.07 bits per heavy atom. The third kappa shape index (κ3) is 3.25. The zero-order valence-electron chi connectivity index (χ0n) is 15.9. The van der Waals surface area contributed by atoms with Crippen molar-refractivity contribution in [3.05, 3.63) is 62.3 Å². The van der Waals surface area contributed by atoms with E-state index in [9.17, 15) is 13.6 Å². The van der Waals surface area contributed by atoms with Crippen LogP contribution in [0.5, 0.6) is 5.75 Å². The molecule has 150 valence electrons. The first-order valence-electron chi connectivity index (χ1n) is 8.64. The smallest absolute Gasteiger partial charge is 0.264 e. The average Bonchev–Trinajstić information content (AvgIpc) is 3.32. The van der Waals surface area contributed by atoms with Crippen molar-refractivity contribution < 1.29 is 13.5 Å². The SMILES string of the molecule is COc1ccc(F)c(F)c1-n1nc(N(C)C)c2c(=O)[nH]c(Cc3cccs3)nc21. The molecule has 29 heavy (non-hydrogen) atoms. The molecule has 0 bridgehead atoms. The maximum atomic E-state index is 14.7. The van der Waals surface area contributed by atoms with E-state index in [2.05, 4.69) is 15.1 Å². The normalized spacial score (nSPS) is 11.2. The number of H-pyrrole nitrogens is 1. The minimum atomic E-state index is -1.14. The van der Waals surface area contributed by atoms with Crippen molar-refractivity contribution in [3.63, 3.8) is 0 Å². The summed E-state index contributed by atoms with van der Waals surface area (Å²) in [7, 11) is 4.74. The van der Waals surface area contributed by atoms with Gasteiger partial charge in [-0.2, -0.15) is 0 Å². The molecule has 0 spiro atoms. The molecule has 1 N–H and O–H groups in total. The number of nitrogens with one attached hydrogen (secondary N) is 1. The topological polar surface area (TPSA) is 76.0 Å². The van der Waals surface area contributed by atoms with Crippen molar-refractivity contribution in [2.75, 3.05) is 26.1 Å². The molecule has 4 aromatic rings. The van der Waals surface area contributed by atoms with Crippen molar-refractivity contribution >= 4 is 28.2 Å². The monoisotopic (exact) mass is 417 g/mol. The third-order valence-corrected chi connectivity index (χ3v) is 5.25. The fraction of sp³-hybridized carbons (Fsp3) is 0.211. The number of halogens is 2. The quantitative estimate of drug-likeness (QED) is 0.540. The first kappa shape index (κ1) is 19.1. The van der Waals surface area contributed by atoms with Crippen molar-refractivity contribution in [2.24, 2.45) is 0 Å². The van der Waals surface area contributed by atoms with Gasteiger partial charge in [0.15, 0.2) is 23.1 Å². The first-order valence-corrected chi connectivity index (χ1v) is 9.52. The van der Waals surface area contributed by atoms with Crippen LogP contribution < -0.4 is 15.2 Å². The number of aromatic amines is 1. The molecule has 0 saturated heterocycles. The van der Waals surface area contributed by atoms with Crippen LogP contribution in [0, 0.1) is 11.6 Å². The number of hydrogen-bond donors (Lipinski definition) is 1. The number of ether oxygens (including phenoxy) is 1. The second-order valence-electron chi connectivity index (χ2n) is 6.51. The summed E-state index contributed by atoms with van der Waals surface area (Å²) in [6, 6.07) is 6.10. The molecule has 0 radical (unpaired) electrons. The molecular formula is C19H17F2N5O2S. The second-order valence-corrected chi connectivity index (χ2v) is 7.54. The summed E-state index contributed by atoms with van der Waals surface area (Å²) in [6.07, 6.45) is 0.397. The van der Waals surface area contributed by atoms with Crippen LogP contribution in [-0.4, -0.2) is 41.0 Å². The number of hydrogen-bond acceptors (Lipinski definition) is 6. The summed E-state index contributed by atoms with van der Waals surface area (Å²) in [6.45, 7) is 0. The number of methoxy groups -OCH3 is 1. The van der Waals surface area contributed by atoms with Crippen molar-refractivity contribution in [1.29, 1.82) is 0 Å². The molecule has 0 amide bonds. The second kappa shape index (κ2) is 7.28. The zero-order valence-corrected chi connectivity index (χ0v) is 16.7. The van der Waals surface area contributed by atoms with Crippen molar-refractivity contribution in [2.45, 2.75) is 6.42 Å². The Morgan fingerprint density at radius 1 is 1.28 bits per heavy atom. The molecule has 3 aromatic heterocycles. The van der Waals surface area contributed by atoms with E-state index in [1.807, 2.05) is 17.5 Å². The first-order chi connectivity index (χ1) is 13.9. The Kier molecular flexibility index (Phi) is 4.79. The lowest BCUT2D eigenvalue weighted by Crippen LogP contribution is -2.16. The molecule has 0 saturated carbocycles. The van der Waals surface area contributed by atoms with Crippen LogP contribution in [-0.2, 0) is 6.42 Å². The largest absolute Gasteiger partial charge is 0.494 e. The Balaban J connectivity index is 2.03. The molecule has 4 rings (SSSR count). The molecule has 0 aliphatic rings. The molecule has 10 heteroatoms. The number of anilines is 1. The standard InChI is InChI=1S/C19H17F2N5O2S/c1-25(2)18-14-17(22-13(23-19(14)27)9-10-5-4-8-29-10)26(24-18)16-12(28-3)7-6-11(20)15(16)21/h4-8H,9H2,1-3H3,(H,22,23,27). The summed E-state index contributed by atoms with van der Waals surface area (Å²) in [5.41, 5.74) is -0.537. The summed E-state index contributed by atoms with van der Waals surface area (Å²) >= 11 is 1.53. The van der Waals surface area contributed by atoms with Crippen LogP contribution in [0.3, 0.4) is 0 Å². The molecule has 0 fully saturated rings. The maximum absolute atomic E-state index is 14.7. The molecular weight excluding hydrogens is 400 g/mol. The Bertz CT molecular complexity index is 1250. The number of benzene rings is 1. The van der Waals surface area contributed by atoms with Gasteiger partial charge in [0.2, 0.25) is 0 Å². The molecule has 7 nitrogen and oxygen atoms in total. The molecule has 3 heterocycles. The molecule has 0 unspecified atom stereocenters. The number of fused-ring (bicyclic) bond motifs is 1. The van der Waals surface area contributed by atoms with Gasteiger partial charge in [-0.3, -0.25) is 4.79 Å².